The average molecular weight is 405 g/mol. The van der Waals surface area contributed by atoms with E-state index in [2.05, 4.69) is 4.98 Å². The molecule has 0 N–H and O–H groups in total. The van der Waals surface area contributed by atoms with Crippen LogP contribution in [0.15, 0.2) is 47.5 Å². The summed E-state index contributed by atoms with van der Waals surface area (Å²) in [5.74, 6) is 0.409. The maximum Gasteiger partial charge on any atom is 0.266 e. The van der Waals surface area contributed by atoms with Gasteiger partial charge in [-0.3, -0.25) is 9.10 Å². The number of benzene rings is 1. The molecule has 1 aromatic heterocycles. The molecule has 0 atom stereocenters. The lowest BCUT2D eigenvalue weighted by Gasteiger charge is -2.27. The van der Waals surface area contributed by atoms with Crippen molar-refractivity contribution in [2.24, 2.45) is 0 Å². The van der Waals surface area contributed by atoms with Crippen LogP contribution in [0.5, 0.6) is 0 Å². The zero-order valence-electron chi connectivity index (χ0n) is 17.1. The number of anilines is 2. The molecule has 1 amide bonds. The first-order valence-electron chi connectivity index (χ1n) is 9.21. The monoisotopic (exact) mass is 404 g/mol. The third kappa shape index (κ3) is 4.81. The molecule has 2 rings (SSSR count). The number of aromatic nitrogens is 1. The summed E-state index contributed by atoms with van der Waals surface area (Å²) in [4.78, 5) is 20.3. The molecule has 0 saturated carbocycles. The summed E-state index contributed by atoms with van der Waals surface area (Å²) >= 11 is 0. The van der Waals surface area contributed by atoms with Crippen LogP contribution in [-0.2, 0) is 14.8 Å². The van der Waals surface area contributed by atoms with Crippen LogP contribution in [0.2, 0.25) is 0 Å². The molecule has 152 valence electrons. The molecular formula is C20H28N4O3S. The Morgan fingerprint density at radius 1 is 1.00 bits per heavy atom. The van der Waals surface area contributed by atoms with E-state index in [1.165, 1.54) is 12.3 Å². The number of sulfonamides is 1. The molecule has 0 unspecified atom stereocenters. The van der Waals surface area contributed by atoms with Gasteiger partial charge in [-0.1, -0.05) is 17.7 Å². The average Bonchev–Trinajstić information content (AvgIpc) is 2.68. The Labute approximate surface area is 167 Å². The van der Waals surface area contributed by atoms with Crippen molar-refractivity contribution in [1.29, 1.82) is 0 Å². The third-order valence-corrected chi connectivity index (χ3v) is 6.24. The van der Waals surface area contributed by atoms with Gasteiger partial charge >= 0.3 is 0 Å². The number of aryl methyl sites for hydroxylation is 1. The van der Waals surface area contributed by atoms with Crippen LogP contribution in [0.25, 0.3) is 0 Å². The summed E-state index contributed by atoms with van der Waals surface area (Å²) in [7, 11) is -0.287. The normalized spacial score (nSPS) is 11.2. The van der Waals surface area contributed by atoms with Crippen LogP contribution in [-0.4, -0.2) is 57.9 Å². The molecule has 0 bridgehead atoms. The second kappa shape index (κ2) is 9.05. The quantitative estimate of drug-likeness (QED) is 0.676. The van der Waals surface area contributed by atoms with E-state index >= 15 is 0 Å². The molecule has 0 fully saturated rings. The molecular weight excluding hydrogens is 376 g/mol. The van der Waals surface area contributed by atoms with Gasteiger partial charge in [-0.25, -0.2) is 13.4 Å². The Kier molecular flexibility index (Phi) is 7.01. The van der Waals surface area contributed by atoms with Gasteiger partial charge in [0.1, 0.15) is 17.3 Å². The van der Waals surface area contributed by atoms with Gasteiger partial charge in [-0.15, -0.1) is 0 Å². The molecule has 0 aliphatic heterocycles. The first kappa shape index (κ1) is 21.7. The molecule has 1 heterocycles. The Balaban J connectivity index is 2.47. The summed E-state index contributed by atoms with van der Waals surface area (Å²) in [6.45, 7) is 6.45. The molecule has 0 spiro atoms. The number of carbonyl (C=O) groups excluding carboxylic acids is 1. The summed E-state index contributed by atoms with van der Waals surface area (Å²) in [5.41, 5.74) is 1.45. The van der Waals surface area contributed by atoms with Crippen molar-refractivity contribution in [3.8, 4) is 0 Å². The van der Waals surface area contributed by atoms with Crippen LogP contribution in [0.1, 0.15) is 19.4 Å². The smallest absolute Gasteiger partial charge is 0.266 e. The number of hydrogen-bond acceptors (Lipinski definition) is 5. The van der Waals surface area contributed by atoms with E-state index in [-0.39, 0.29) is 17.3 Å². The predicted molar refractivity (Wildman–Crippen MR) is 112 cm³/mol. The highest BCUT2D eigenvalue weighted by molar-refractivity contribution is 7.92. The van der Waals surface area contributed by atoms with E-state index in [4.69, 9.17) is 0 Å². The Morgan fingerprint density at radius 3 is 2.07 bits per heavy atom. The Bertz CT molecular complexity index is 890. The minimum Gasteiger partial charge on any atom is -0.363 e. The fourth-order valence-corrected chi connectivity index (χ4v) is 4.10. The number of likely N-dealkylation sites (N-methyl/N-ethyl adjacent to an activating group) is 1. The van der Waals surface area contributed by atoms with E-state index in [0.29, 0.717) is 24.6 Å². The highest BCUT2D eigenvalue weighted by Crippen LogP contribution is 2.24. The molecule has 0 aliphatic rings. The largest absolute Gasteiger partial charge is 0.363 e. The number of pyridine rings is 1. The Morgan fingerprint density at radius 2 is 1.61 bits per heavy atom. The van der Waals surface area contributed by atoms with Crippen LogP contribution in [0, 0.1) is 6.92 Å². The zero-order valence-corrected chi connectivity index (χ0v) is 17.9. The van der Waals surface area contributed by atoms with Crippen molar-refractivity contribution in [3.63, 3.8) is 0 Å². The van der Waals surface area contributed by atoms with Crippen molar-refractivity contribution >= 4 is 27.4 Å². The topological polar surface area (TPSA) is 73.8 Å². The van der Waals surface area contributed by atoms with Gasteiger partial charge in [0.2, 0.25) is 5.91 Å². The fraction of sp³-hybridized carbons (Fsp3) is 0.400. The van der Waals surface area contributed by atoms with Gasteiger partial charge in [0.15, 0.2) is 0 Å². The number of nitrogens with zero attached hydrogens (tertiary/aromatic N) is 4. The molecule has 0 aliphatic carbocycles. The van der Waals surface area contributed by atoms with Crippen molar-refractivity contribution in [2.75, 3.05) is 42.9 Å². The van der Waals surface area contributed by atoms with Gasteiger partial charge in [-0.05, 0) is 45.0 Å². The zero-order chi connectivity index (χ0) is 20.9. The second-order valence-corrected chi connectivity index (χ2v) is 8.52. The van der Waals surface area contributed by atoms with E-state index in [0.717, 1.165) is 9.87 Å². The predicted octanol–water partition coefficient (Wildman–Crippen LogP) is 2.52. The van der Waals surface area contributed by atoms with Crippen LogP contribution in [0.3, 0.4) is 0 Å². The molecule has 2 aromatic rings. The Hall–Kier alpha value is -2.61. The summed E-state index contributed by atoms with van der Waals surface area (Å²) in [5, 5.41) is 0. The number of rotatable bonds is 8. The third-order valence-electron chi connectivity index (χ3n) is 4.48. The summed E-state index contributed by atoms with van der Waals surface area (Å²) in [6.07, 6.45) is 1.33. The van der Waals surface area contributed by atoms with E-state index in [9.17, 15) is 13.2 Å². The van der Waals surface area contributed by atoms with Crippen LogP contribution in [0.4, 0.5) is 11.5 Å². The number of amides is 1. The lowest BCUT2D eigenvalue weighted by molar-refractivity contribution is -0.129. The molecule has 8 heteroatoms. The number of carbonyl (C=O) groups is 1. The van der Waals surface area contributed by atoms with Gasteiger partial charge in [0.05, 0.1) is 5.69 Å². The maximum atomic E-state index is 13.3. The summed E-state index contributed by atoms with van der Waals surface area (Å²) in [6, 6.07) is 10.2. The fourth-order valence-electron chi connectivity index (χ4n) is 2.74. The molecule has 28 heavy (non-hydrogen) atoms. The minimum absolute atomic E-state index is 0.0472. The van der Waals surface area contributed by atoms with Gasteiger partial charge < -0.3 is 9.80 Å². The van der Waals surface area contributed by atoms with Gasteiger partial charge in [-0.2, -0.15) is 0 Å². The van der Waals surface area contributed by atoms with Crippen molar-refractivity contribution < 1.29 is 13.2 Å². The molecule has 0 radical (unpaired) electrons. The van der Waals surface area contributed by atoms with Crippen LogP contribution >= 0.6 is 0 Å². The standard InChI is InChI=1S/C20H28N4O3S/c1-6-23(7-2)20(25)15-24(17-10-8-16(3)9-11-17)28(26,27)18-12-13-19(21-14-18)22(4)5/h8-14H,6-7,15H2,1-5H3. The van der Waals surface area contributed by atoms with Gasteiger partial charge in [0.25, 0.3) is 10.0 Å². The van der Waals surface area contributed by atoms with Crippen LogP contribution < -0.4 is 9.21 Å². The van der Waals surface area contributed by atoms with Crippen molar-refractivity contribution in [3.05, 3.63) is 48.2 Å². The number of hydrogen-bond donors (Lipinski definition) is 0. The second-order valence-electron chi connectivity index (χ2n) is 6.66. The van der Waals surface area contributed by atoms with Crippen molar-refractivity contribution in [1.82, 2.24) is 9.88 Å². The first-order chi connectivity index (χ1) is 13.2. The van der Waals surface area contributed by atoms with E-state index < -0.39 is 10.0 Å². The maximum absolute atomic E-state index is 13.3. The van der Waals surface area contributed by atoms with Gasteiger partial charge in [0, 0.05) is 33.4 Å². The molecule has 1 aromatic carbocycles. The molecule has 0 saturated heterocycles. The van der Waals surface area contributed by atoms with Crippen molar-refractivity contribution in [2.45, 2.75) is 25.7 Å². The molecule has 7 nitrogen and oxygen atoms in total. The first-order valence-corrected chi connectivity index (χ1v) is 10.6. The SMILES string of the molecule is CCN(CC)C(=O)CN(c1ccc(C)cc1)S(=O)(=O)c1ccc(N(C)C)nc1. The van der Waals surface area contributed by atoms with E-state index in [1.54, 1.807) is 28.0 Å². The minimum atomic E-state index is -3.95. The lowest BCUT2D eigenvalue weighted by Crippen LogP contribution is -2.43. The highest BCUT2D eigenvalue weighted by Gasteiger charge is 2.28. The lowest BCUT2D eigenvalue weighted by atomic mass is 10.2. The summed E-state index contributed by atoms with van der Waals surface area (Å²) < 4.78 is 27.8. The van der Waals surface area contributed by atoms with E-state index in [1.807, 2.05) is 47.0 Å². The highest BCUT2D eigenvalue weighted by atomic mass is 32.2.